The first-order chi connectivity index (χ1) is 12.9. The van der Waals surface area contributed by atoms with Gasteiger partial charge in [0.25, 0.3) is 11.8 Å². The molecule has 138 valence electrons. The number of thiocarbonyl (C=S) groups is 1. The number of ether oxygens (including phenoxy) is 1. The van der Waals surface area contributed by atoms with E-state index in [2.05, 4.69) is 5.43 Å². The molecule has 0 aliphatic carbocycles. The molecule has 2 amide bonds. The second-order valence-corrected chi connectivity index (χ2v) is 7.78. The number of para-hydroxylation sites is 1. The number of hydrazine groups is 1. The molecule has 9 heteroatoms. The molecule has 0 aromatic heterocycles. The van der Waals surface area contributed by atoms with Crippen LogP contribution in [0.4, 0.5) is 0 Å². The van der Waals surface area contributed by atoms with Crippen molar-refractivity contribution in [2.24, 2.45) is 0 Å². The van der Waals surface area contributed by atoms with Crippen molar-refractivity contribution in [2.75, 3.05) is 7.11 Å². The summed E-state index contributed by atoms with van der Waals surface area (Å²) in [6.45, 7) is 0. The van der Waals surface area contributed by atoms with Crippen LogP contribution in [0.15, 0.2) is 47.4 Å². The molecule has 0 saturated carbocycles. The highest BCUT2D eigenvalue weighted by Crippen LogP contribution is 2.35. The molecule has 1 aliphatic rings. The van der Waals surface area contributed by atoms with Crippen molar-refractivity contribution in [3.8, 4) is 5.75 Å². The monoisotopic (exact) mass is 438 g/mol. The number of halogens is 2. The van der Waals surface area contributed by atoms with Crippen LogP contribution in [0.3, 0.4) is 0 Å². The topological polar surface area (TPSA) is 58.6 Å². The Labute approximate surface area is 175 Å². The van der Waals surface area contributed by atoms with Gasteiger partial charge in [-0.15, -0.1) is 0 Å². The Bertz CT molecular complexity index is 959. The summed E-state index contributed by atoms with van der Waals surface area (Å²) in [5.41, 5.74) is 3.31. The maximum Gasteiger partial charge on any atom is 0.285 e. The Kier molecular flexibility index (Phi) is 6.06. The van der Waals surface area contributed by atoms with Crippen molar-refractivity contribution in [1.82, 2.24) is 10.4 Å². The van der Waals surface area contributed by atoms with Crippen LogP contribution in [-0.4, -0.2) is 28.3 Å². The van der Waals surface area contributed by atoms with Crippen molar-refractivity contribution in [3.05, 3.63) is 68.5 Å². The zero-order valence-electron chi connectivity index (χ0n) is 13.9. The summed E-state index contributed by atoms with van der Waals surface area (Å²) >= 11 is 18.6. The highest BCUT2D eigenvalue weighted by molar-refractivity contribution is 8.26. The van der Waals surface area contributed by atoms with Gasteiger partial charge in [0, 0.05) is 15.6 Å². The van der Waals surface area contributed by atoms with Gasteiger partial charge < -0.3 is 4.74 Å². The molecule has 1 aliphatic heterocycles. The average molecular weight is 439 g/mol. The van der Waals surface area contributed by atoms with E-state index in [4.69, 9.17) is 40.2 Å². The van der Waals surface area contributed by atoms with E-state index in [9.17, 15) is 9.59 Å². The molecule has 5 nitrogen and oxygen atoms in total. The van der Waals surface area contributed by atoms with E-state index in [1.54, 1.807) is 48.5 Å². The predicted octanol–water partition coefficient (Wildman–Crippen LogP) is 4.55. The molecular weight excluding hydrogens is 427 g/mol. The minimum absolute atomic E-state index is 0.192. The van der Waals surface area contributed by atoms with Gasteiger partial charge in [0.05, 0.1) is 17.6 Å². The molecule has 3 rings (SSSR count). The van der Waals surface area contributed by atoms with Gasteiger partial charge in [0.15, 0.2) is 4.32 Å². The van der Waals surface area contributed by atoms with Crippen LogP contribution in [0.5, 0.6) is 5.75 Å². The van der Waals surface area contributed by atoms with E-state index in [1.165, 1.54) is 7.11 Å². The lowest BCUT2D eigenvalue weighted by molar-refractivity contribution is -0.123. The highest BCUT2D eigenvalue weighted by atomic mass is 35.5. The van der Waals surface area contributed by atoms with Crippen LogP contribution in [-0.2, 0) is 4.79 Å². The van der Waals surface area contributed by atoms with Gasteiger partial charge in [0.2, 0.25) is 0 Å². The van der Waals surface area contributed by atoms with E-state index in [0.717, 1.165) is 16.8 Å². The first-order valence-corrected chi connectivity index (χ1v) is 9.56. The molecule has 0 spiro atoms. The van der Waals surface area contributed by atoms with Crippen LogP contribution in [0, 0.1) is 0 Å². The highest BCUT2D eigenvalue weighted by Gasteiger charge is 2.34. The fraction of sp³-hybridized carbons (Fsp3) is 0.0556. The number of hydrogen-bond acceptors (Lipinski definition) is 5. The molecule has 2 aromatic carbocycles. The maximum atomic E-state index is 12.7. The fourth-order valence-corrected chi connectivity index (χ4v) is 4.01. The van der Waals surface area contributed by atoms with Gasteiger partial charge in [-0.05, 0) is 42.6 Å². The molecule has 1 fully saturated rings. The summed E-state index contributed by atoms with van der Waals surface area (Å²) in [5.74, 6) is -0.594. The summed E-state index contributed by atoms with van der Waals surface area (Å²) in [6, 6.07) is 11.7. The third-order valence-corrected chi connectivity index (χ3v) is 5.60. The third kappa shape index (κ3) is 4.11. The standard InChI is InChI=1S/C18H12Cl2N2O3S2/c1-25-14-8-3-2-5-10(14)16(23)21-22-17(24)15(27-18(22)26)9-11-12(19)6-4-7-13(11)20/h2-9H,1H3,(H,21,23)/b15-9+. The fourth-order valence-electron chi connectivity index (χ4n) is 2.34. The van der Waals surface area contributed by atoms with Crippen LogP contribution in [0.1, 0.15) is 15.9 Å². The number of methoxy groups -OCH3 is 1. The number of nitrogens with zero attached hydrogens (tertiary/aromatic N) is 1. The number of thioether (sulfide) groups is 1. The van der Waals surface area contributed by atoms with E-state index >= 15 is 0 Å². The Morgan fingerprint density at radius 1 is 1.19 bits per heavy atom. The first kappa shape index (κ1) is 19.7. The number of carbonyl (C=O) groups excluding carboxylic acids is 2. The van der Waals surface area contributed by atoms with Crippen molar-refractivity contribution in [1.29, 1.82) is 0 Å². The Hall–Kier alpha value is -2.06. The first-order valence-electron chi connectivity index (χ1n) is 7.58. The molecule has 0 unspecified atom stereocenters. The number of rotatable bonds is 4. The Balaban J connectivity index is 1.84. The smallest absolute Gasteiger partial charge is 0.285 e. The molecule has 1 heterocycles. The van der Waals surface area contributed by atoms with Crippen LogP contribution < -0.4 is 10.2 Å². The van der Waals surface area contributed by atoms with Gasteiger partial charge >= 0.3 is 0 Å². The summed E-state index contributed by atoms with van der Waals surface area (Å²) in [7, 11) is 1.46. The lowest BCUT2D eigenvalue weighted by atomic mass is 10.2. The van der Waals surface area contributed by atoms with Gasteiger partial charge in [-0.25, -0.2) is 0 Å². The van der Waals surface area contributed by atoms with E-state index in [1.807, 2.05) is 0 Å². The van der Waals surface area contributed by atoms with Crippen molar-refractivity contribution in [3.63, 3.8) is 0 Å². The van der Waals surface area contributed by atoms with Crippen molar-refractivity contribution >= 4 is 69.4 Å². The van der Waals surface area contributed by atoms with Crippen LogP contribution in [0.25, 0.3) is 6.08 Å². The minimum Gasteiger partial charge on any atom is -0.496 e. The summed E-state index contributed by atoms with van der Waals surface area (Å²) in [4.78, 5) is 25.5. The van der Waals surface area contributed by atoms with E-state index < -0.39 is 11.8 Å². The van der Waals surface area contributed by atoms with Crippen molar-refractivity contribution in [2.45, 2.75) is 0 Å². The Morgan fingerprint density at radius 3 is 2.52 bits per heavy atom. The zero-order valence-corrected chi connectivity index (χ0v) is 17.0. The molecular formula is C18H12Cl2N2O3S2. The number of benzene rings is 2. The van der Waals surface area contributed by atoms with Gasteiger partial charge in [-0.1, -0.05) is 53.2 Å². The van der Waals surface area contributed by atoms with E-state index in [-0.39, 0.29) is 9.88 Å². The molecule has 27 heavy (non-hydrogen) atoms. The normalized spacial score (nSPS) is 15.4. The largest absolute Gasteiger partial charge is 0.496 e. The predicted molar refractivity (Wildman–Crippen MR) is 112 cm³/mol. The van der Waals surface area contributed by atoms with E-state index in [0.29, 0.717) is 26.3 Å². The van der Waals surface area contributed by atoms with Crippen molar-refractivity contribution < 1.29 is 14.3 Å². The second kappa shape index (κ2) is 8.31. The molecule has 0 atom stereocenters. The summed E-state index contributed by atoms with van der Waals surface area (Å²) in [6.07, 6.45) is 1.55. The lowest BCUT2D eigenvalue weighted by Crippen LogP contribution is -2.44. The van der Waals surface area contributed by atoms with Crippen LogP contribution >= 0.6 is 47.2 Å². The molecule has 2 aromatic rings. The summed E-state index contributed by atoms with van der Waals surface area (Å²) in [5, 5.41) is 1.84. The molecule has 0 radical (unpaired) electrons. The number of nitrogens with one attached hydrogen (secondary N) is 1. The lowest BCUT2D eigenvalue weighted by Gasteiger charge is -2.16. The minimum atomic E-state index is -0.513. The number of amides is 2. The molecule has 1 N–H and O–H groups in total. The summed E-state index contributed by atoms with van der Waals surface area (Å²) < 4.78 is 5.36. The van der Waals surface area contributed by atoms with Gasteiger partial charge in [-0.2, -0.15) is 5.01 Å². The SMILES string of the molecule is COc1ccccc1C(=O)NN1C(=O)/C(=C\c2c(Cl)cccc2Cl)SC1=S. The number of carbonyl (C=O) groups is 2. The second-order valence-electron chi connectivity index (χ2n) is 5.29. The maximum absolute atomic E-state index is 12.7. The Morgan fingerprint density at radius 2 is 1.85 bits per heavy atom. The zero-order chi connectivity index (χ0) is 19.6. The van der Waals surface area contributed by atoms with Gasteiger partial charge in [-0.3, -0.25) is 15.0 Å². The molecule has 0 bridgehead atoms. The van der Waals surface area contributed by atoms with Gasteiger partial charge in [0.1, 0.15) is 5.75 Å². The quantitative estimate of drug-likeness (QED) is 0.560. The molecule has 1 saturated heterocycles. The average Bonchev–Trinajstić information content (AvgIpc) is 2.92. The third-order valence-electron chi connectivity index (χ3n) is 3.63. The number of hydrogen-bond donors (Lipinski definition) is 1. The van der Waals surface area contributed by atoms with Crippen LogP contribution in [0.2, 0.25) is 10.0 Å².